The van der Waals surface area contributed by atoms with E-state index >= 15 is 0 Å². The van der Waals surface area contributed by atoms with Crippen molar-refractivity contribution in [2.75, 3.05) is 24.5 Å². The van der Waals surface area contributed by atoms with Crippen molar-refractivity contribution in [2.45, 2.75) is 44.9 Å². The lowest BCUT2D eigenvalue weighted by Gasteiger charge is -2.36. The number of halogens is 3. The number of nitrogens with zero attached hydrogens (tertiary/aromatic N) is 2. The number of hydrogen-bond donors (Lipinski definition) is 0. The molecule has 2 atom stereocenters. The summed E-state index contributed by atoms with van der Waals surface area (Å²) in [6.07, 6.45) is -2.06. The molecule has 0 spiro atoms. The Bertz CT molecular complexity index is 527. The Hall–Kier alpha value is -1.23. The van der Waals surface area contributed by atoms with E-state index in [1.165, 1.54) is 12.1 Å². The molecule has 21 heavy (non-hydrogen) atoms. The molecule has 0 aromatic heterocycles. The van der Waals surface area contributed by atoms with Crippen LogP contribution in [-0.4, -0.2) is 36.6 Å². The third-order valence-corrected chi connectivity index (χ3v) is 4.59. The molecule has 0 amide bonds. The van der Waals surface area contributed by atoms with E-state index in [9.17, 15) is 13.2 Å². The fourth-order valence-electron chi connectivity index (χ4n) is 3.72. The fourth-order valence-corrected chi connectivity index (χ4v) is 3.72. The van der Waals surface area contributed by atoms with Crippen LogP contribution in [0, 0.1) is 6.92 Å². The summed E-state index contributed by atoms with van der Waals surface area (Å²) < 4.78 is 38.9. The van der Waals surface area contributed by atoms with Crippen molar-refractivity contribution in [1.29, 1.82) is 0 Å². The monoisotopic (exact) mass is 298 g/mol. The lowest BCUT2D eigenvalue weighted by molar-refractivity contribution is -0.137. The number of fused-ring (bicyclic) bond motifs is 2. The molecule has 116 valence electrons. The minimum Gasteiger partial charge on any atom is -0.366 e. The van der Waals surface area contributed by atoms with Gasteiger partial charge in [-0.2, -0.15) is 13.2 Å². The molecule has 2 fully saturated rings. The molecular formula is C16H21F3N2. The highest BCUT2D eigenvalue weighted by Gasteiger charge is 2.43. The van der Waals surface area contributed by atoms with Gasteiger partial charge in [0.05, 0.1) is 5.56 Å². The van der Waals surface area contributed by atoms with Gasteiger partial charge in [-0.25, -0.2) is 0 Å². The van der Waals surface area contributed by atoms with E-state index in [1.807, 2.05) is 6.07 Å². The van der Waals surface area contributed by atoms with E-state index in [0.717, 1.165) is 38.2 Å². The Kier molecular flexibility index (Phi) is 3.64. The van der Waals surface area contributed by atoms with Crippen molar-refractivity contribution in [3.05, 3.63) is 29.3 Å². The SMILES string of the molecule is CCCN1CC2CC1CN2c1cc(C)cc(C(F)(F)F)c1. The van der Waals surface area contributed by atoms with Crippen molar-refractivity contribution >= 4 is 5.69 Å². The molecule has 2 unspecified atom stereocenters. The van der Waals surface area contributed by atoms with Crippen LogP contribution in [0.15, 0.2) is 18.2 Å². The maximum Gasteiger partial charge on any atom is 0.416 e. The summed E-state index contributed by atoms with van der Waals surface area (Å²) in [4.78, 5) is 4.64. The first-order valence-electron chi connectivity index (χ1n) is 7.58. The number of benzene rings is 1. The second-order valence-electron chi connectivity index (χ2n) is 6.25. The number of rotatable bonds is 3. The van der Waals surface area contributed by atoms with Crippen molar-refractivity contribution in [3.63, 3.8) is 0 Å². The van der Waals surface area contributed by atoms with Gasteiger partial charge in [0, 0.05) is 30.9 Å². The van der Waals surface area contributed by atoms with E-state index in [4.69, 9.17) is 0 Å². The molecule has 2 aliphatic heterocycles. The van der Waals surface area contributed by atoms with E-state index in [2.05, 4.69) is 16.7 Å². The van der Waals surface area contributed by atoms with Gasteiger partial charge in [0.2, 0.25) is 0 Å². The minimum atomic E-state index is -4.27. The van der Waals surface area contributed by atoms with Crippen LogP contribution in [0.3, 0.4) is 0 Å². The number of aryl methyl sites for hydroxylation is 1. The molecule has 1 aromatic carbocycles. The van der Waals surface area contributed by atoms with Gasteiger partial charge in [-0.3, -0.25) is 4.90 Å². The van der Waals surface area contributed by atoms with Gasteiger partial charge >= 0.3 is 6.18 Å². The van der Waals surface area contributed by atoms with Crippen LogP contribution < -0.4 is 4.90 Å². The second-order valence-corrected chi connectivity index (χ2v) is 6.25. The Balaban J connectivity index is 1.82. The zero-order valence-corrected chi connectivity index (χ0v) is 12.5. The smallest absolute Gasteiger partial charge is 0.366 e. The summed E-state index contributed by atoms with van der Waals surface area (Å²) in [5, 5.41) is 0. The molecule has 0 aliphatic carbocycles. The number of likely N-dealkylation sites (tertiary alicyclic amines) is 1. The molecule has 2 nitrogen and oxygen atoms in total. The summed E-state index contributed by atoms with van der Waals surface area (Å²) in [5.74, 6) is 0. The first-order valence-corrected chi connectivity index (χ1v) is 7.58. The summed E-state index contributed by atoms with van der Waals surface area (Å²) in [5.41, 5.74) is 0.865. The average Bonchev–Trinajstić information content (AvgIpc) is 2.97. The second kappa shape index (κ2) is 5.20. The Morgan fingerprint density at radius 2 is 1.90 bits per heavy atom. The van der Waals surface area contributed by atoms with Crippen LogP contribution >= 0.6 is 0 Å². The molecule has 2 aliphatic rings. The number of hydrogen-bond acceptors (Lipinski definition) is 2. The molecule has 2 saturated heterocycles. The number of anilines is 1. The van der Waals surface area contributed by atoms with Gasteiger partial charge in [-0.05, 0) is 50.1 Å². The summed E-state index contributed by atoms with van der Waals surface area (Å²) in [6.45, 7) is 6.83. The Morgan fingerprint density at radius 1 is 1.14 bits per heavy atom. The quantitative estimate of drug-likeness (QED) is 0.840. The normalized spacial score (nSPS) is 25.9. The van der Waals surface area contributed by atoms with Crippen LogP contribution in [0.2, 0.25) is 0 Å². The molecule has 0 saturated carbocycles. The number of alkyl halides is 3. The first kappa shape index (κ1) is 14.7. The topological polar surface area (TPSA) is 6.48 Å². The van der Waals surface area contributed by atoms with Crippen LogP contribution in [0.5, 0.6) is 0 Å². The molecule has 3 rings (SSSR count). The van der Waals surface area contributed by atoms with E-state index in [-0.39, 0.29) is 0 Å². The molecule has 2 bridgehead atoms. The fraction of sp³-hybridized carbons (Fsp3) is 0.625. The third-order valence-electron chi connectivity index (χ3n) is 4.59. The van der Waals surface area contributed by atoms with Crippen molar-refractivity contribution in [2.24, 2.45) is 0 Å². The zero-order chi connectivity index (χ0) is 15.2. The highest BCUT2D eigenvalue weighted by Crippen LogP contribution is 2.38. The standard InChI is InChI=1S/C16H21F3N2/c1-3-4-20-9-15-8-14(20)10-21(15)13-6-11(2)5-12(7-13)16(17,18)19/h5-7,14-15H,3-4,8-10H2,1-2H3. The zero-order valence-electron chi connectivity index (χ0n) is 12.5. The van der Waals surface area contributed by atoms with Gasteiger partial charge in [0.25, 0.3) is 0 Å². The van der Waals surface area contributed by atoms with Crippen LogP contribution in [-0.2, 0) is 6.18 Å². The molecule has 0 radical (unpaired) electrons. The largest absolute Gasteiger partial charge is 0.416 e. The highest BCUT2D eigenvalue weighted by atomic mass is 19.4. The van der Waals surface area contributed by atoms with Crippen LogP contribution in [0.1, 0.15) is 30.9 Å². The molecular weight excluding hydrogens is 277 g/mol. The predicted molar refractivity (Wildman–Crippen MR) is 77.6 cm³/mol. The van der Waals surface area contributed by atoms with Gasteiger partial charge in [-0.15, -0.1) is 0 Å². The average molecular weight is 298 g/mol. The van der Waals surface area contributed by atoms with E-state index in [1.54, 1.807) is 6.92 Å². The summed E-state index contributed by atoms with van der Waals surface area (Å²) in [6, 6.07) is 5.27. The van der Waals surface area contributed by atoms with E-state index < -0.39 is 11.7 Å². The summed E-state index contributed by atoms with van der Waals surface area (Å²) >= 11 is 0. The molecule has 0 N–H and O–H groups in total. The maximum atomic E-state index is 13.0. The van der Waals surface area contributed by atoms with Gasteiger partial charge < -0.3 is 4.90 Å². The lowest BCUT2D eigenvalue weighted by atomic mass is 10.1. The van der Waals surface area contributed by atoms with Crippen molar-refractivity contribution in [3.8, 4) is 0 Å². The van der Waals surface area contributed by atoms with Crippen molar-refractivity contribution in [1.82, 2.24) is 4.90 Å². The van der Waals surface area contributed by atoms with Gasteiger partial charge in [0.1, 0.15) is 0 Å². The Morgan fingerprint density at radius 3 is 2.48 bits per heavy atom. The molecule has 1 aromatic rings. The summed E-state index contributed by atoms with van der Waals surface area (Å²) in [7, 11) is 0. The highest BCUT2D eigenvalue weighted by molar-refractivity contribution is 5.54. The van der Waals surface area contributed by atoms with Crippen LogP contribution in [0.4, 0.5) is 18.9 Å². The Labute approximate surface area is 123 Å². The minimum absolute atomic E-state index is 0.365. The predicted octanol–water partition coefficient (Wildman–Crippen LogP) is 3.69. The van der Waals surface area contributed by atoms with Crippen LogP contribution in [0.25, 0.3) is 0 Å². The van der Waals surface area contributed by atoms with Gasteiger partial charge in [-0.1, -0.05) is 6.92 Å². The molecule has 5 heteroatoms. The van der Waals surface area contributed by atoms with Gasteiger partial charge in [0.15, 0.2) is 0 Å². The van der Waals surface area contributed by atoms with Crippen molar-refractivity contribution < 1.29 is 13.2 Å². The third kappa shape index (κ3) is 2.76. The lowest BCUT2D eigenvalue weighted by Crippen LogP contribution is -2.46. The molecule has 2 heterocycles. The first-order chi connectivity index (χ1) is 9.88. The van der Waals surface area contributed by atoms with E-state index in [0.29, 0.717) is 17.6 Å². The maximum absolute atomic E-state index is 13.0. The number of piperazine rings is 1.